The fraction of sp³-hybridized carbons (Fsp3) is 0.850. The van der Waals surface area contributed by atoms with Gasteiger partial charge in [0.1, 0.15) is 0 Å². The zero-order valence-corrected chi connectivity index (χ0v) is 16.1. The Morgan fingerprint density at radius 2 is 1.04 bits per heavy atom. The molecule has 0 aliphatic heterocycles. The smallest absolute Gasteiger partial charge is 0.327 e. The molecule has 1 N–H and O–H groups in total. The van der Waals surface area contributed by atoms with E-state index in [-0.39, 0.29) is 16.5 Å². The van der Waals surface area contributed by atoms with Crippen LogP contribution in [0, 0.1) is 0 Å². The summed E-state index contributed by atoms with van der Waals surface area (Å²) in [5, 5.41) is 8.45. The molecule has 0 fully saturated rings. The van der Waals surface area contributed by atoms with Crippen molar-refractivity contribution >= 4 is 5.97 Å². The van der Waals surface area contributed by atoms with E-state index < -0.39 is 5.97 Å². The Morgan fingerprint density at radius 3 is 1.39 bits per heavy atom. The zero-order chi connectivity index (χ0) is 16.3. The van der Waals surface area contributed by atoms with Crippen LogP contribution in [0.3, 0.4) is 0 Å². The molecular formula is C20H38NiO2. The summed E-state index contributed by atoms with van der Waals surface area (Å²) < 4.78 is 0. The number of carboxylic acid groups (broad SMARTS) is 1. The summed E-state index contributed by atoms with van der Waals surface area (Å²) in [6.45, 7) is 2.27. The Bertz CT molecular complexity index is 264. The van der Waals surface area contributed by atoms with Gasteiger partial charge in [0.2, 0.25) is 0 Å². The molecule has 0 bridgehead atoms. The Kier molecular flexibility index (Phi) is 23.5. The SMILES string of the molecule is CCCCCCCCCCCCCCCCCC=CC(=O)O.[Ni]. The molecule has 0 unspecified atom stereocenters. The number of carbonyl (C=O) groups is 1. The second-order valence-electron chi connectivity index (χ2n) is 6.48. The van der Waals surface area contributed by atoms with E-state index in [2.05, 4.69) is 6.92 Å². The molecule has 0 atom stereocenters. The number of aliphatic carboxylic acids is 1. The molecule has 2 nitrogen and oxygen atoms in total. The first-order valence-corrected chi connectivity index (χ1v) is 9.67. The van der Waals surface area contributed by atoms with Crippen molar-refractivity contribution in [3.05, 3.63) is 12.2 Å². The predicted molar refractivity (Wildman–Crippen MR) is 96.3 cm³/mol. The van der Waals surface area contributed by atoms with E-state index in [0.717, 1.165) is 12.8 Å². The average molecular weight is 369 g/mol. The number of carboxylic acids is 1. The van der Waals surface area contributed by atoms with E-state index in [9.17, 15) is 4.79 Å². The van der Waals surface area contributed by atoms with Crippen molar-refractivity contribution in [1.82, 2.24) is 0 Å². The molecule has 3 heteroatoms. The van der Waals surface area contributed by atoms with Gasteiger partial charge in [0.25, 0.3) is 0 Å². The third-order valence-electron chi connectivity index (χ3n) is 4.23. The van der Waals surface area contributed by atoms with Gasteiger partial charge in [0, 0.05) is 22.6 Å². The van der Waals surface area contributed by atoms with Gasteiger partial charge in [0.15, 0.2) is 0 Å². The predicted octanol–water partition coefficient (Wildman–Crippen LogP) is 6.89. The molecule has 0 amide bonds. The van der Waals surface area contributed by atoms with Crippen LogP contribution in [-0.4, -0.2) is 11.1 Å². The number of allylic oxidation sites excluding steroid dienone is 1. The maximum Gasteiger partial charge on any atom is 0.327 e. The van der Waals surface area contributed by atoms with Gasteiger partial charge in [-0.15, -0.1) is 0 Å². The van der Waals surface area contributed by atoms with Gasteiger partial charge < -0.3 is 5.11 Å². The van der Waals surface area contributed by atoms with Gasteiger partial charge in [-0.05, 0) is 12.8 Å². The third-order valence-corrected chi connectivity index (χ3v) is 4.23. The van der Waals surface area contributed by atoms with E-state index in [1.807, 2.05) is 0 Å². The van der Waals surface area contributed by atoms with Crippen LogP contribution >= 0.6 is 0 Å². The molecule has 0 saturated heterocycles. The minimum atomic E-state index is -0.832. The first kappa shape index (κ1) is 24.9. The molecule has 0 aromatic heterocycles. The molecule has 0 aromatic rings. The van der Waals surface area contributed by atoms with Crippen molar-refractivity contribution in [2.24, 2.45) is 0 Å². The van der Waals surface area contributed by atoms with Crippen molar-refractivity contribution in [1.29, 1.82) is 0 Å². The number of rotatable bonds is 17. The minimum absolute atomic E-state index is 0. The van der Waals surface area contributed by atoms with Crippen molar-refractivity contribution in [2.45, 2.75) is 110 Å². The summed E-state index contributed by atoms with van der Waals surface area (Å²) in [7, 11) is 0. The van der Waals surface area contributed by atoms with Crippen LogP contribution < -0.4 is 0 Å². The van der Waals surface area contributed by atoms with Crippen molar-refractivity contribution in [2.75, 3.05) is 0 Å². The van der Waals surface area contributed by atoms with E-state index in [4.69, 9.17) is 5.11 Å². The van der Waals surface area contributed by atoms with Gasteiger partial charge >= 0.3 is 5.97 Å². The number of hydrogen-bond donors (Lipinski definition) is 1. The summed E-state index contributed by atoms with van der Waals surface area (Å²) in [5.74, 6) is -0.832. The number of hydrogen-bond acceptors (Lipinski definition) is 1. The second-order valence-corrected chi connectivity index (χ2v) is 6.48. The molecule has 0 radical (unpaired) electrons. The third kappa shape index (κ3) is 24.1. The molecule has 0 spiro atoms. The van der Waals surface area contributed by atoms with Crippen LogP contribution in [0.25, 0.3) is 0 Å². The zero-order valence-electron chi connectivity index (χ0n) is 15.1. The standard InChI is InChI=1S/C20H38O2.Ni/c1-2-3-4-5-6-7-8-9-10-11-12-13-14-15-16-17-18-19-20(21)22;/h18-19H,2-17H2,1H3,(H,21,22);. The Balaban J connectivity index is 0. The fourth-order valence-electron chi connectivity index (χ4n) is 2.82. The van der Waals surface area contributed by atoms with E-state index >= 15 is 0 Å². The second kappa shape index (κ2) is 21.7. The summed E-state index contributed by atoms with van der Waals surface area (Å²) in [6.07, 6.45) is 24.5. The minimum Gasteiger partial charge on any atom is -0.478 e. The van der Waals surface area contributed by atoms with Crippen LogP contribution in [0.5, 0.6) is 0 Å². The Hall–Kier alpha value is -0.296. The Labute approximate surface area is 154 Å². The fourth-order valence-corrected chi connectivity index (χ4v) is 2.82. The van der Waals surface area contributed by atoms with Crippen LogP contribution in [0.2, 0.25) is 0 Å². The Morgan fingerprint density at radius 1 is 0.696 bits per heavy atom. The van der Waals surface area contributed by atoms with Gasteiger partial charge in [-0.3, -0.25) is 0 Å². The van der Waals surface area contributed by atoms with E-state index in [0.29, 0.717) is 0 Å². The molecule has 0 saturated carbocycles. The topological polar surface area (TPSA) is 37.3 Å². The van der Waals surface area contributed by atoms with Gasteiger partial charge in [-0.2, -0.15) is 0 Å². The normalized spacial score (nSPS) is 10.8. The molecular weight excluding hydrogens is 331 g/mol. The summed E-state index contributed by atoms with van der Waals surface area (Å²) in [5.41, 5.74) is 0. The van der Waals surface area contributed by atoms with Crippen molar-refractivity contribution in [3.63, 3.8) is 0 Å². The summed E-state index contributed by atoms with van der Waals surface area (Å²) in [4.78, 5) is 10.3. The first-order chi connectivity index (χ1) is 10.8. The number of unbranched alkanes of at least 4 members (excludes halogenated alkanes) is 15. The molecule has 0 aliphatic rings. The van der Waals surface area contributed by atoms with Gasteiger partial charge in [-0.25, -0.2) is 4.79 Å². The maximum atomic E-state index is 10.3. The summed E-state index contributed by atoms with van der Waals surface area (Å²) in [6, 6.07) is 0. The maximum absolute atomic E-state index is 10.3. The largest absolute Gasteiger partial charge is 0.478 e. The quantitative estimate of drug-likeness (QED) is 0.172. The van der Waals surface area contributed by atoms with Crippen LogP contribution in [0.4, 0.5) is 0 Å². The average Bonchev–Trinajstić information content (AvgIpc) is 2.50. The molecule has 0 heterocycles. The molecule has 0 rings (SSSR count). The molecule has 140 valence electrons. The van der Waals surface area contributed by atoms with E-state index in [1.165, 1.54) is 96.0 Å². The summed E-state index contributed by atoms with van der Waals surface area (Å²) >= 11 is 0. The van der Waals surface area contributed by atoms with Crippen molar-refractivity contribution in [3.8, 4) is 0 Å². The van der Waals surface area contributed by atoms with Crippen LogP contribution in [0.1, 0.15) is 110 Å². The van der Waals surface area contributed by atoms with Gasteiger partial charge in [0.05, 0.1) is 0 Å². The monoisotopic (exact) mass is 368 g/mol. The molecule has 0 aliphatic carbocycles. The van der Waals surface area contributed by atoms with Crippen LogP contribution in [0.15, 0.2) is 12.2 Å². The first-order valence-electron chi connectivity index (χ1n) is 9.67. The molecule has 0 aromatic carbocycles. The van der Waals surface area contributed by atoms with E-state index in [1.54, 1.807) is 6.08 Å². The molecule has 23 heavy (non-hydrogen) atoms. The van der Waals surface area contributed by atoms with Gasteiger partial charge in [-0.1, -0.05) is 103 Å². The van der Waals surface area contributed by atoms with Crippen LogP contribution in [-0.2, 0) is 21.3 Å². The van der Waals surface area contributed by atoms with Crippen molar-refractivity contribution < 1.29 is 26.4 Å².